The fourth-order valence-electron chi connectivity index (χ4n) is 2.05. The Hall–Kier alpha value is -2.12. The number of rotatable bonds is 3. The Morgan fingerprint density at radius 1 is 1.05 bits per heavy atom. The number of hydrogen-bond donors (Lipinski definition) is 1. The largest absolute Gasteiger partial charge is 0.425 e. The van der Waals surface area contributed by atoms with Crippen LogP contribution in [0, 0.1) is 10.1 Å². The molecule has 0 aliphatic rings. The van der Waals surface area contributed by atoms with Crippen molar-refractivity contribution in [2.24, 2.45) is 0 Å². The number of alkyl halides is 3. The highest BCUT2D eigenvalue weighted by Gasteiger charge is 2.57. The molecule has 0 radical (unpaired) electrons. The number of hydrogen-bond acceptors (Lipinski definition) is 3. The molecule has 22 heavy (non-hydrogen) atoms. The Morgan fingerprint density at radius 2 is 1.59 bits per heavy atom. The maximum absolute atomic E-state index is 13.5. The Bertz CT molecular complexity index is 703. The summed E-state index contributed by atoms with van der Waals surface area (Å²) in [6.07, 6.45) is -5.06. The zero-order chi connectivity index (χ0) is 16.5. The minimum absolute atomic E-state index is 0.263. The van der Waals surface area contributed by atoms with E-state index >= 15 is 0 Å². The highest BCUT2D eigenvalue weighted by molar-refractivity contribution is 6.31. The van der Waals surface area contributed by atoms with Crippen molar-refractivity contribution in [1.82, 2.24) is 0 Å². The predicted octanol–water partition coefficient (Wildman–Crippen LogP) is 4.05. The Kier molecular flexibility index (Phi) is 4.12. The second kappa shape index (κ2) is 5.58. The average Bonchev–Trinajstić information content (AvgIpc) is 2.46. The Labute approximate surface area is 127 Å². The van der Waals surface area contributed by atoms with Crippen LogP contribution in [0.2, 0.25) is 5.02 Å². The zero-order valence-electron chi connectivity index (χ0n) is 10.8. The SMILES string of the molecule is O=[N+]([O-])c1ccc(C(O)(c2ccccc2Cl)C(F)(F)F)cc1. The van der Waals surface area contributed by atoms with Crippen molar-refractivity contribution in [1.29, 1.82) is 0 Å². The summed E-state index contributed by atoms with van der Waals surface area (Å²) in [5.74, 6) is 0. The molecular formula is C14H9ClF3NO3. The van der Waals surface area contributed by atoms with E-state index in [0.717, 1.165) is 30.3 Å². The minimum atomic E-state index is -5.06. The van der Waals surface area contributed by atoms with Crippen LogP contribution in [0.4, 0.5) is 18.9 Å². The number of aliphatic hydroxyl groups is 1. The summed E-state index contributed by atoms with van der Waals surface area (Å²) < 4.78 is 40.4. The van der Waals surface area contributed by atoms with E-state index in [2.05, 4.69) is 0 Å². The molecule has 8 heteroatoms. The first-order valence-electron chi connectivity index (χ1n) is 5.97. The van der Waals surface area contributed by atoms with Gasteiger partial charge in [0.15, 0.2) is 0 Å². The molecule has 0 bridgehead atoms. The molecule has 2 aromatic carbocycles. The molecule has 0 spiro atoms. The third kappa shape index (κ3) is 2.65. The van der Waals surface area contributed by atoms with Gasteiger partial charge in [-0.15, -0.1) is 0 Å². The molecule has 1 N–H and O–H groups in total. The van der Waals surface area contributed by atoms with E-state index in [-0.39, 0.29) is 10.7 Å². The molecule has 4 nitrogen and oxygen atoms in total. The number of nitrogens with zero attached hydrogens (tertiary/aromatic N) is 1. The first kappa shape index (κ1) is 16.3. The van der Waals surface area contributed by atoms with E-state index in [1.807, 2.05) is 0 Å². The van der Waals surface area contributed by atoms with Crippen LogP contribution in [0.15, 0.2) is 48.5 Å². The summed E-state index contributed by atoms with van der Waals surface area (Å²) in [6, 6.07) is 8.51. The van der Waals surface area contributed by atoms with Crippen LogP contribution in [0.25, 0.3) is 0 Å². The lowest BCUT2D eigenvalue weighted by Gasteiger charge is -2.32. The Balaban J connectivity index is 2.66. The third-order valence-electron chi connectivity index (χ3n) is 3.17. The highest BCUT2D eigenvalue weighted by Crippen LogP contribution is 2.46. The van der Waals surface area contributed by atoms with E-state index in [0.29, 0.717) is 0 Å². The summed E-state index contributed by atoms with van der Waals surface area (Å²) in [5, 5.41) is 20.6. The van der Waals surface area contributed by atoms with Gasteiger partial charge in [0.25, 0.3) is 5.69 Å². The van der Waals surface area contributed by atoms with E-state index < -0.39 is 27.8 Å². The first-order valence-corrected chi connectivity index (χ1v) is 6.34. The molecule has 0 fully saturated rings. The molecule has 0 heterocycles. The van der Waals surface area contributed by atoms with Crippen LogP contribution in [0.3, 0.4) is 0 Å². The van der Waals surface area contributed by atoms with Crippen LogP contribution >= 0.6 is 11.6 Å². The predicted molar refractivity (Wildman–Crippen MR) is 73.6 cm³/mol. The molecule has 0 aromatic heterocycles. The lowest BCUT2D eigenvalue weighted by Crippen LogP contribution is -2.43. The van der Waals surface area contributed by atoms with E-state index in [1.54, 1.807) is 0 Å². The molecule has 0 aliphatic heterocycles. The average molecular weight is 332 g/mol. The van der Waals surface area contributed by atoms with Crippen molar-refractivity contribution >= 4 is 17.3 Å². The van der Waals surface area contributed by atoms with Crippen molar-refractivity contribution in [3.8, 4) is 0 Å². The van der Waals surface area contributed by atoms with Crippen molar-refractivity contribution in [2.75, 3.05) is 0 Å². The van der Waals surface area contributed by atoms with Gasteiger partial charge in [-0.25, -0.2) is 0 Å². The van der Waals surface area contributed by atoms with Gasteiger partial charge in [0.05, 0.1) is 4.92 Å². The van der Waals surface area contributed by atoms with Gasteiger partial charge in [0, 0.05) is 22.7 Å². The monoisotopic (exact) mass is 331 g/mol. The standard InChI is InChI=1S/C14H9ClF3NO3/c15-12-4-2-1-3-11(12)13(20,14(16,17)18)9-5-7-10(8-6-9)19(21)22/h1-8,20H. The van der Waals surface area contributed by atoms with Crippen LogP contribution in [0.1, 0.15) is 11.1 Å². The third-order valence-corrected chi connectivity index (χ3v) is 3.50. The number of nitro benzene ring substituents is 1. The topological polar surface area (TPSA) is 63.4 Å². The van der Waals surface area contributed by atoms with Crippen molar-refractivity contribution < 1.29 is 23.2 Å². The molecule has 2 rings (SSSR count). The smallest absolute Gasteiger partial charge is 0.372 e. The molecule has 0 saturated heterocycles. The fraction of sp³-hybridized carbons (Fsp3) is 0.143. The fourth-order valence-corrected chi connectivity index (χ4v) is 2.32. The van der Waals surface area contributed by atoms with Gasteiger partial charge in [-0.05, 0) is 23.8 Å². The van der Waals surface area contributed by atoms with Gasteiger partial charge in [-0.2, -0.15) is 13.2 Å². The van der Waals surface area contributed by atoms with Crippen molar-refractivity contribution in [2.45, 2.75) is 11.8 Å². The molecule has 116 valence electrons. The first-order chi connectivity index (χ1) is 10.2. The van der Waals surface area contributed by atoms with Gasteiger partial charge >= 0.3 is 6.18 Å². The summed E-state index contributed by atoms with van der Waals surface area (Å²) in [5.41, 5.74) is -4.84. The molecular weight excluding hydrogens is 323 g/mol. The van der Waals surface area contributed by atoms with E-state index in [9.17, 15) is 28.4 Å². The summed E-state index contributed by atoms with van der Waals surface area (Å²) in [4.78, 5) is 9.84. The number of nitro groups is 1. The van der Waals surface area contributed by atoms with Crippen LogP contribution < -0.4 is 0 Å². The highest BCUT2D eigenvalue weighted by atomic mass is 35.5. The quantitative estimate of drug-likeness (QED) is 0.681. The van der Waals surface area contributed by atoms with Gasteiger partial charge < -0.3 is 5.11 Å². The van der Waals surface area contributed by atoms with Gasteiger partial charge in [-0.3, -0.25) is 10.1 Å². The van der Waals surface area contributed by atoms with Crippen molar-refractivity contribution in [3.63, 3.8) is 0 Å². The number of halogens is 4. The zero-order valence-corrected chi connectivity index (χ0v) is 11.6. The molecule has 0 aliphatic carbocycles. The van der Waals surface area contributed by atoms with E-state index in [1.165, 1.54) is 18.2 Å². The lowest BCUT2D eigenvalue weighted by atomic mass is 9.85. The maximum atomic E-state index is 13.5. The van der Waals surface area contributed by atoms with Crippen LogP contribution in [-0.4, -0.2) is 16.2 Å². The van der Waals surface area contributed by atoms with Gasteiger partial charge in [0.1, 0.15) is 0 Å². The van der Waals surface area contributed by atoms with Crippen LogP contribution in [0.5, 0.6) is 0 Å². The molecule has 2 aromatic rings. The molecule has 0 saturated carbocycles. The van der Waals surface area contributed by atoms with Gasteiger partial charge in [0.2, 0.25) is 5.60 Å². The van der Waals surface area contributed by atoms with Crippen LogP contribution in [-0.2, 0) is 5.60 Å². The molecule has 0 amide bonds. The van der Waals surface area contributed by atoms with E-state index in [4.69, 9.17) is 11.6 Å². The Morgan fingerprint density at radius 3 is 2.05 bits per heavy atom. The summed E-state index contributed by atoms with van der Waals surface area (Å²) >= 11 is 5.78. The number of benzene rings is 2. The minimum Gasteiger partial charge on any atom is -0.372 e. The second-order valence-corrected chi connectivity index (χ2v) is 4.90. The molecule has 1 unspecified atom stereocenters. The normalized spacial score (nSPS) is 14.4. The summed E-state index contributed by atoms with van der Waals surface area (Å²) in [6.45, 7) is 0. The maximum Gasteiger partial charge on any atom is 0.425 e. The molecule has 1 atom stereocenters. The number of non-ortho nitro benzene ring substituents is 1. The van der Waals surface area contributed by atoms with Crippen molar-refractivity contribution in [3.05, 3.63) is 74.8 Å². The van der Waals surface area contributed by atoms with Gasteiger partial charge in [-0.1, -0.05) is 29.8 Å². The summed E-state index contributed by atoms with van der Waals surface area (Å²) in [7, 11) is 0. The second-order valence-electron chi connectivity index (χ2n) is 4.49. The lowest BCUT2D eigenvalue weighted by molar-refractivity contribution is -0.384.